The Kier molecular flexibility index (Phi) is 6.51. The Morgan fingerprint density at radius 1 is 0.905 bits per heavy atom. The van der Waals surface area contributed by atoms with Crippen LogP contribution >= 0.6 is 0 Å². The molecule has 2 aromatic carbocycles. The van der Waals surface area contributed by atoms with Crippen molar-refractivity contribution in [3.8, 4) is 11.5 Å². The maximum absolute atomic E-state index is 5.58. The summed E-state index contributed by atoms with van der Waals surface area (Å²) in [6.45, 7) is 5.28. The first-order valence-electron chi connectivity index (χ1n) is 15.0. The number of nitrogens with one attached hydrogen (secondary N) is 2. The summed E-state index contributed by atoms with van der Waals surface area (Å²) in [5.74, 6) is 4.05. The second-order valence-corrected chi connectivity index (χ2v) is 11.5. The van der Waals surface area contributed by atoms with Gasteiger partial charge in [-0.25, -0.2) is 9.97 Å². The molecule has 2 fully saturated rings. The number of hydrogen-bond acceptors (Lipinski definition) is 9. The molecule has 216 valence electrons. The van der Waals surface area contributed by atoms with E-state index in [0.717, 1.165) is 84.0 Å². The van der Waals surface area contributed by atoms with E-state index in [9.17, 15) is 0 Å². The molecule has 3 aromatic heterocycles. The zero-order chi connectivity index (χ0) is 27.9. The summed E-state index contributed by atoms with van der Waals surface area (Å²) in [5, 5.41) is 3.54. The van der Waals surface area contributed by atoms with Gasteiger partial charge in [0.05, 0.1) is 23.9 Å². The van der Waals surface area contributed by atoms with Gasteiger partial charge in [0.1, 0.15) is 5.82 Å². The monoisotopic (exact) mass is 565 g/mol. The van der Waals surface area contributed by atoms with Gasteiger partial charge in [0.15, 0.2) is 28.5 Å². The molecular weight excluding hydrogens is 530 g/mol. The van der Waals surface area contributed by atoms with E-state index >= 15 is 0 Å². The molecular formula is C31H35N9O2. The van der Waals surface area contributed by atoms with Gasteiger partial charge < -0.3 is 29.2 Å². The summed E-state index contributed by atoms with van der Waals surface area (Å²) >= 11 is 0. The molecule has 0 unspecified atom stereocenters. The first-order valence-corrected chi connectivity index (χ1v) is 15.0. The summed E-state index contributed by atoms with van der Waals surface area (Å²) in [5.41, 5.74) is 4.97. The topological polar surface area (TPSA) is 109 Å². The molecule has 3 aliphatic rings. The molecule has 2 aliphatic heterocycles. The predicted molar refractivity (Wildman–Crippen MR) is 161 cm³/mol. The predicted octanol–water partition coefficient (Wildman–Crippen LogP) is 4.87. The fraction of sp³-hybridized carbons (Fsp3) is 0.419. The van der Waals surface area contributed by atoms with Crippen LogP contribution in [0.3, 0.4) is 0 Å². The lowest BCUT2D eigenvalue weighted by Crippen LogP contribution is -2.46. The molecule has 11 nitrogen and oxygen atoms in total. The summed E-state index contributed by atoms with van der Waals surface area (Å²) < 4.78 is 13.3. The van der Waals surface area contributed by atoms with Crippen LogP contribution in [-0.2, 0) is 13.1 Å². The number of anilines is 2. The Labute approximate surface area is 243 Å². The van der Waals surface area contributed by atoms with E-state index < -0.39 is 0 Å². The number of H-pyrrole nitrogens is 1. The number of nitrogens with zero attached hydrogens (tertiary/aromatic N) is 7. The van der Waals surface area contributed by atoms with Gasteiger partial charge in [0.2, 0.25) is 12.7 Å². The molecule has 1 aliphatic carbocycles. The highest BCUT2D eigenvalue weighted by atomic mass is 16.7. The standard InChI is InChI=1S/C31H35N9O2/c1-2-6-22(7-3-1)40-19-33-28-29(32-17-27-34-23-8-4-5-9-24(23)35-27)36-31(37-30(28)40)39-14-12-38(13-15-39)18-21-10-11-25-26(16-21)42-20-41-25/h4-5,8-11,16,19,22H,1-3,6-7,12-15,17-18,20H2,(H,34,35)(H,32,36,37). The summed E-state index contributed by atoms with van der Waals surface area (Å²) in [4.78, 5) is 27.9. The van der Waals surface area contributed by atoms with Crippen molar-refractivity contribution in [3.05, 3.63) is 60.2 Å². The third-order valence-electron chi connectivity index (χ3n) is 8.74. The molecule has 42 heavy (non-hydrogen) atoms. The van der Waals surface area contributed by atoms with E-state index in [0.29, 0.717) is 19.4 Å². The molecule has 0 atom stereocenters. The Morgan fingerprint density at radius 2 is 1.76 bits per heavy atom. The zero-order valence-corrected chi connectivity index (χ0v) is 23.6. The molecule has 1 saturated heterocycles. The number of rotatable bonds is 7. The molecule has 5 heterocycles. The Morgan fingerprint density at radius 3 is 2.64 bits per heavy atom. The SMILES string of the molecule is c1ccc2[nH]c(CNc3nc(N4CCN(Cc5ccc6c(c5)OCO6)CC4)nc4c3ncn4C3CCCCC3)nc2c1. The van der Waals surface area contributed by atoms with E-state index in [1.165, 1.54) is 37.7 Å². The largest absolute Gasteiger partial charge is 0.454 e. The second kappa shape index (κ2) is 10.8. The van der Waals surface area contributed by atoms with Crippen molar-refractivity contribution in [2.24, 2.45) is 0 Å². The van der Waals surface area contributed by atoms with Crippen molar-refractivity contribution in [1.29, 1.82) is 0 Å². The number of aromatic nitrogens is 6. The molecule has 2 N–H and O–H groups in total. The smallest absolute Gasteiger partial charge is 0.231 e. The summed E-state index contributed by atoms with van der Waals surface area (Å²) in [6.07, 6.45) is 8.13. The van der Waals surface area contributed by atoms with Gasteiger partial charge in [0, 0.05) is 38.8 Å². The van der Waals surface area contributed by atoms with Crippen LogP contribution in [0.15, 0.2) is 48.8 Å². The lowest BCUT2D eigenvalue weighted by molar-refractivity contribution is 0.174. The van der Waals surface area contributed by atoms with Gasteiger partial charge in [-0.1, -0.05) is 37.5 Å². The summed E-state index contributed by atoms with van der Waals surface area (Å²) in [7, 11) is 0. The van der Waals surface area contributed by atoms with Gasteiger partial charge in [0.25, 0.3) is 0 Å². The molecule has 8 rings (SSSR count). The molecule has 11 heteroatoms. The van der Waals surface area contributed by atoms with Crippen molar-refractivity contribution >= 4 is 34.0 Å². The van der Waals surface area contributed by atoms with Crippen LogP contribution < -0.4 is 19.7 Å². The summed E-state index contributed by atoms with van der Waals surface area (Å²) in [6, 6.07) is 14.8. The van der Waals surface area contributed by atoms with Crippen LogP contribution in [0.25, 0.3) is 22.2 Å². The highest BCUT2D eigenvalue weighted by Crippen LogP contribution is 2.34. The van der Waals surface area contributed by atoms with Crippen molar-refractivity contribution in [2.75, 3.05) is 43.2 Å². The lowest BCUT2D eigenvalue weighted by Gasteiger charge is -2.35. The van der Waals surface area contributed by atoms with E-state index in [1.807, 2.05) is 36.7 Å². The second-order valence-electron chi connectivity index (χ2n) is 11.5. The van der Waals surface area contributed by atoms with Crippen LogP contribution in [0.4, 0.5) is 11.8 Å². The van der Waals surface area contributed by atoms with E-state index in [2.05, 4.69) is 36.8 Å². The quantitative estimate of drug-likeness (QED) is 0.286. The number of aromatic amines is 1. The number of ether oxygens (including phenoxy) is 2. The van der Waals surface area contributed by atoms with Crippen LogP contribution in [0.5, 0.6) is 11.5 Å². The average molecular weight is 566 g/mol. The van der Waals surface area contributed by atoms with Crippen molar-refractivity contribution in [3.63, 3.8) is 0 Å². The third kappa shape index (κ3) is 4.87. The minimum atomic E-state index is 0.302. The number of fused-ring (bicyclic) bond motifs is 3. The van der Waals surface area contributed by atoms with Gasteiger partial charge >= 0.3 is 0 Å². The number of piperazine rings is 1. The van der Waals surface area contributed by atoms with Gasteiger partial charge in [-0.15, -0.1) is 0 Å². The van der Waals surface area contributed by atoms with Crippen molar-refractivity contribution < 1.29 is 9.47 Å². The first kappa shape index (κ1) is 25.3. The molecule has 0 spiro atoms. The van der Waals surface area contributed by atoms with E-state index in [4.69, 9.17) is 29.4 Å². The van der Waals surface area contributed by atoms with Gasteiger partial charge in [-0.3, -0.25) is 4.90 Å². The van der Waals surface area contributed by atoms with E-state index in [1.54, 1.807) is 0 Å². The molecule has 5 aromatic rings. The van der Waals surface area contributed by atoms with E-state index in [-0.39, 0.29) is 0 Å². The van der Waals surface area contributed by atoms with Crippen LogP contribution in [0.2, 0.25) is 0 Å². The maximum Gasteiger partial charge on any atom is 0.231 e. The highest BCUT2D eigenvalue weighted by molar-refractivity contribution is 5.84. The van der Waals surface area contributed by atoms with Crippen LogP contribution in [0.1, 0.15) is 49.5 Å². The minimum absolute atomic E-state index is 0.302. The maximum atomic E-state index is 5.58. The highest BCUT2D eigenvalue weighted by Gasteiger charge is 2.25. The number of imidazole rings is 2. The normalized spacial score (nSPS) is 17.9. The molecule has 0 radical (unpaired) electrons. The van der Waals surface area contributed by atoms with Gasteiger partial charge in [-0.05, 0) is 42.7 Å². The lowest BCUT2D eigenvalue weighted by atomic mass is 9.95. The fourth-order valence-corrected chi connectivity index (χ4v) is 6.46. The molecule has 1 saturated carbocycles. The van der Waals surface area contributed by atoms with Gasteiger partial charge in [-0.2, -0.15) is 9.97 Å². The Bertz CT molecular complexity index is 1680. The zero-order valence-electron chi connectivity index (χ0n) is 23.6. The minimum Gasteiger partial charge on any atom is -0.454 e. The Balaban J connectivity index is 1.03. The molecule has 0 bridgehead atoms. The van der Waals surface area contributed by atoms with Crippen LogP contribution in [0, 0.1) is 0 Å². The number of hydrogen-bond donors (Lipinski definition) is 2. The fourth-order valence-electron chi connectivity index (χ4n) is 6.46. The van der Waals surface area contributed by atoms with Crippen LogP contribution in [-0.4, -0.2) is 67.4 Å². The Hall–Kier alpha value is -4.38. The van der Waals surface area contributed by atoms with Crippen molar-refractivity contribution in [1.82, 2.24) is 34.4 Å². The van der Waals surface area contributed by atoms with Crippen molar-refractivity contribution in [2.45, 2.75) is 51.2 Å². The number of benzene rings is 2. The average Bonchev–Trinajstić information content (AvgIpc) is 3.78. The molecule has 0 amide bonds. The first-order chi connectivity index (χ1) is 20.8. The number of para-hydroxylation sites is 2. The third-order valence-corrected chi connectivity index (χ3v) is 8.74.